The van der Waals surface area contributed by atoms with Crippen molar-refractivity contribution < 1.29 is 5.11 Å². The third-order valence-electron chi connectivity index (χ3n) is 4.16. The van der Waals surface area contributed by atoms with Crippen LogP contribution in [-0.2, 0) is 0 Å². The second kappa shape index (κ2) is 9.94. The van der Waals surface area contributed by atoms with Crippen LogP contribution < -0.4 is 0 Å². The molecule has 17 heavy (non-hydrogen) atoms. The Morgan fingerprint density at radius 1 is 0.647 bits per heavy atom. The fraction of sp³-hybridized carbons (Fsp3) is 1.00. The molecule has 0 aromatic rings. The largest absolute Gasteiger partial charge is 0.393 e. The summed E-state index contributed by atoms with van der Waals surface area (Å²) in [5.41, 5.74) is 0. The molecule has 0 bridgehead atoms. The molecule has 1 heteroatoms. The average molecular weight is 240 g/mol. The number of aliphatic hydroxyl groups is 1. The van der Waals surface area contributed by atoms with Crippen molar-refractivity contribution >= 4 is 0 Å². The Morgan fingerprint density at radius 2 is 1.06 bits per heavy atom. The minimum atomic E-state index is -0.0323. The number of hydrogen-bond acceptors (Lipinski definition) is 1. The highest BCUT2D eigenvalue weighted by Gasteiger charge is 2.10. The van der Waals surface area contributed by atoms with Gasteiger partial charge in [0.1, 0.15) is 0 Å². The summed E-state index contributed by atoms with van der Waals surface area (Å²) in [6.45, 7) is 2.31. The fourth-order valence-electron chi connectivity index (χ4n) is 2.99. The van der Waals surface area contributed by atoms with Crippen LogP contribution in [0.15, 0.2) is 0 Å². The maximum Gasteiger partial charge on any atom is 0.0542 e. The predicted molar refractivity (Wildman–Crippen MR) is 75.2 cm³/mol. The smallest absolute Gasteiger partial charge is 0.0542 e. The molecule has 1 fully saturated rings. The summed E-state index contributed by atoms with van der Waals surface area (Å²) in [6.07, 6.45) is 17.2. The van der Waals surface area contributed by atoms with Gasteiger partial charge in [-0.25, -0.2) is 0 Å². The van der Waals surface area contributed by atoms with E-state index >= 15 is 0 Å². The van der Waals surface area contributed by atoms with Crippen LogP contribution in [0.25, 0.3) is 0 Å². The predicted octanol–water partition coefficient (Wildman–Crippen LogP) is 5.07. The molecular formula is C16H32O. The van der Waals surface area contributed by atoms with Crippen molar-refractivity contribution in [2.75, 3.05) is 0 Å². The highest BCUT2D eigenvalue weighted by Crippen LogP contribution is 2.20. The van der Waals surface area contributed by atoms with E-state index < -0.39 is 0 Å². The van der Waals surface area contributed by atoms with Gasteiger partial charge >= 0.3 is 0 Å². The van der Waals surface area contributed by atoms with Crippen molar-refractivity contribution in [3.8, 4) is 0 Å². The zero-order valence-electron chi connectivity index (χ0n) is 11.8. The highest BCUT2D eigenvalue weighted by atomic mass is 16.3. The Morgan fingerprint density at radius 3 is 1.59 bits per heavy atom. The molecule has 0 aromatic heterocycles. The lowest BCUT2D eigenvalue weighted by atomic mass is 9.94. The lowest BCUT2D eigenvalue weighted by molar-refractivity contribution is 0.130. The van der Waals surface area contributed by atoms with E-state index in [9.17, 15) is 5.11 Å². The van der Waals surface area contributed by atoms with Crippen molar-refractivity contribution in [3.63, 3.8) is 0 Å². The first-order valence-corrected chi connectivity index (χ1v) is 7.97. The fourth-order valence-corrected chi connectivity index (χ4v) is 2.99. The molecule has 0 spiro atoms. The molecule has 1 aliphatic rings. The molecule has 1 nitrogen and oxygen atoms in total. The zero-order valence-corrected chi connectivity index (χ0v) is 11.8. The molecular weight excluding hydrogens is 208 g/mol. The molecule has 1 N–H and O–H groups in total. The van der Waals surface area contributed by atoms with Crippen LogP contribution in [0.1, 0.15) is 90.4 Å². The zero-order chi connectivity index (χ0) is 12.3. The normalized spacial score (nSPS) is 31.4. The Labute approximate surface area is 108 Å². The molecule has 2 atom stereocenters. The summed E-state index contributed by atoms with van der Waals surface area (Å²) in [6, 6.07) is 0. The first-order valence-electron chi connectivity index (χ1n) is 7.97. The van der Waals surface area contributed by atoms with Crippen LogP contribution in [0.2, 0.25) is 0 Å². The van der Waals surface area contributed by atoms with Crippen molar-refractivity contribution in [2.24, 2.45) is 5.92 Å². The van der Waals surface area contributed by atoms with Gasteiger partial charge in [0.15, 0.2) is 0 Å². The van der Waals surface area contributed by atoms with Crippen molar-refractivity contribution in [1.29, 1.82) is 0 Å². The monoisotopic (exact) mass is 240 g/mol. The van der Waals surface area contributed by atoms with Gasteiger partial charge in [0.25, 0.3) is 0 Å². The van der Waals surface area contributed by atoms with Crippen LogP contribution >= 0.6 is 0 Å². The second-order valence-corrected chi connectivity index (χ2v) is 6.11. The van der Waals surface area contributed by atoms with Crippen molar-refractivity contribution in [2.45, 2.75) is 96.5 Å². The molecule has 0 aromatic carbocycles. The third-order valence-corrected chi connectivity index (χ3v) is 4.16. The topological polar surface area (TPSA) is 20.2 Å². The van der Waals surface area contributed by atoms with Gasteiger partial charge < -0.3 is 5.11 Å². The van der Waals surface area contributed by atoms with Gasteiger partial charge in [-0.2, -0.15) is 0 Å². The van der Waals surface area contributed by atoms with Gasteiger partial charge in [-0.15, -0.1) is 0 Å². The van der Waals surface area contributed by atoms with E-state index in [0.29, 0.717) is 0 Å². The van der Waals surface area contributed by atoms with Crippen molar-refractivity contribution in [1.82, 2.24) is 0 Å². The van der Waals surface area contributed by atoms with Gasteiger partial charge in [0.2, 0.25) is 0 Å². The van der Waals surface area contributed by atoms with Gasteiger partial charge in [0.05, 0.1) is 6.10 Å². The second-order valence-electron chi connectivity index (χ2n) is 6.11. The minimum absolute atomic E-state index is 0.0323. The van der Waals surface area contributed by atoms with Gasteiger partial charge in [-0.1, -0.05) is 77.6 Å². The summed E-state index contributed by atoms with van der Waals surface area (Å²) in [7, 11) is 0. The molecule has 1 aliphatic carbocycles. The summed E-state index contributed by atoms with van der Waals surface area (Å²) >= 11 is 0. The molecule has 0 aliphatic heterocycles. The lowest BCUT2D eigenvalue weighted by Gasteiger charge is -2.16. The Kier molecular flexibility index (Phi) is 8.78. The molecule has 0 saturated heterocycles. The number of aliphatic hydroxyl groups excluding tert-OH is 1. The van der Waals surface area contributed by atoms with E-state index in [0.717, 1.165) is 18.8 Å². The molecule has 1 saturated carbocycles. The molecule has 0 amide bonds. The van der Waals surface area contributed by atoms with Crippen molar-refractivity contribution in [3.05, 3.63) is 0 Å². The standard InChI is InChI=1S/C16H32O/c1-15-12-10-8-6-4-2-3-5-7-9-11-13-16(17)14-15/h15-17H,2-14H2,1H3/t15-,16-/m0/s1. The summed E-state index contributed by atoms with van der Waals surface area (Å²) in [5, 5.41) is 9.94. The van der Waals surface area contributed by atoms with E-state index in [1.165, 1.54) is 70.6 Å². The number of hydrogen-bond donors (Lipinski definition) is 1. The van der Waals surface area contributed by atoms with Gasteiger partial charge in [0, 0.05) is 0 Å². The van der Waals surface area contributed by atoms with Crippen LogP contribution in [0.4, 0.5) is 0 Å². The summed E-state index contributed by atoms with van der Waals surface area (Å²) in [4.78, 5) is 0. The first kappa shape index (κ1) is 15.0. The maximum absolute atomic E-state index is 9.94. The number of rotatable bonds is 0. The van der Waals surface area contributed by atoms with Gasteiger partial charge in [-0.05, 0) is 18.8 Å². The minimum Gasteiger partial charge on any atom is -0.393 e. The van der Waals surface area contributed by atoms with Crippen LogP contribution in [0.3, 0.4) is 0 Å². The average Bonchev–Trinajstić information content (AvgIpc) is 2.30. The molecule has 1 rings (SSSR count). The Hall–Kier alpha value is -0.0400. The van der Waals surface area contributed by atoms with E-state index in [2.05, 4.69) is 6.92 Å². The molecule has 0 radical (unpaired) electrons. The lowest BCUT2D eigenvalue weighted by Crippen LogP contribution is -2.11. The highest BCUT2D eigenvalue weighted by molar-refractivity contribution is 4.63. The first-order chi connectivity index (χ1) is 8.29. The van der Waals surface area contributed by atoms with Gasteiger partial charge in [-0.3, -0.25) is 0 Å². The van der Waals surface area contributed by atoms with Crippen LogP contribution in [0, 0.1) is 5.92 Å². The van der Waals surface area contributed by atoms with E-state index in [4.69, 9.17) is 0 Å². The quantitative estimate of drug-likeness (QED) is 0.627. The van der Waals surface area contributed by atoms with E-state index in [-0.39, 0.29) is 6.10 Å². The van der Waals surface area contributed by atoms with Crippen LogP contribution in [0.5, 0.6) is 0 Å². The summed E-state index contributed by atoms with van der Waals surface area (Å²) < 4.78 is 0. The van der Waals surface area contributed by atoms with E-state index in [1.807, 2.05) is 0 Å². The third kappa shape index (κ3) is 8.65. The Balaban J connectivity index is 2.21. The Bertz CT molecular complexity index is 149. The maximum atomic E-state index is 9.94. The SMILES string of the molecule is C[C@H]1CCCCCCCCCCCC[C@H](O)C1. The van der Waals surface area contributed by atoms with E-state index in [1.54, 1.807) is 0 Å². The van der Waals surface area contributed by atoms with Crippen LogP contribution in [-0.4, -0.2) is 11.2 Å². The molecule has 0 heterocycles. The molecule has 0 unspecified atom stereocenters. The summed E-state index contributed by atoms with van der Waals surface area (Å²) in [5.74, 6) is 0.718. The molecule has 102 valence electrons.